The van der Waals surface area contributed by atoms with Gasteiger partial charge in [-0.1, -0.05) is 32.4 Å². The van der Waals surface area contributed by atoms with Crippen LogP contribution >= 0.6 is 11.8 Å². The predicted molar refractivity (Wildman–Crippen MR) is 149 cm³/mol. The van der Waals surface area contributed by atoms with Gasteiger partial charge in [-0.25, -0.2) is 4.79 Å². The summed E-state index contributed by atoms with van der Waals surface area (Å²) in [5, 5.41) is 27.1. The molecule has 0 fully saturated rings. The highest BCUT2D eigenvalue weighted by Gasteiger charge is 2.30. The number of phenols is 1. The SMILES string of the molecule is CSCCC(NC(=O)C(N)CCCCN)C(=O)NC(Cc1ccc(O)cc1)C(=O)NC(CC(C)C)C(=O)O. The van der Waals surface area contributed by atoms with Crippen molar-refractivity contribution in [2.75, 3.05) is 18.6 Å². The Bertz CT molecular complexity index is 899. The lowest BCUT2D eigenvalue weighted by Gasteiger charge is -2.25. The van der Waals surface area contributed by atoms with Crippen molar-refractivity contribution in [1.29, 1.82) is 0 Å². The molecule has 12 heteroatoms. The summed E-state index contributed by atoms with van der Waals surface area (Å²) >= 11 is 1.50. The number of benzene rings is 1. The van der Waals surface area contributed by atoms with E-state index in [4.69, 9.17) is 11.5 Å². The number of carbonyl (C=O) groups excluding carboxylic acids is 3. The van der Waals surface area contributed by atoms with E-state index in [-0.39, 0.29) is 24.5 Å². The molecule has 1 aromatic carbocycles. The fourth-order valence-corrected chi connectivity index (χ4v) is 4.21. The van der Waals surface area contributed by atoms with Gasteiger partial charge in [0.2, 0.25) is 17.7 Å². The van der Waals surface area contributed by atoms with Gasteiger partial charge >= 0.3 is 5.97 Å². The summed E-state index contributed by atoms with van der Waals surface area (Å²) in [6.07, 6.45) is 4.30. The van der Waals surface area contributed by atoms with E-state index < -0.39 is 47.9 Å². The Labute approximate surface area is 228 Å². The molecule has 4 atom stereocenters. The number of thioether (sulfide) groups is 1. The van der Waals surface area contributed by atoms with Crippen LogP contribution in [0.1, 0.15) is 51.5 Å². The first-order valence-electron chi connectivity index (χ1n) is 12.8. The number of nitrogens with two attached hydrogens (primary N) is 2. The lowest BCUT2D eigenvalue weighted by atomic mass is 10.0. The second-order valence-corrected chi connectivity index (χ2v) is 10.7. The highest BCUT2D eigenvalue weighted by atomic mass is 32.2. The molecular formula is C26H43N5O6S. The van der Waals surface area contributed by atoms with Crippen molar-refractivity contribution < 1.29 is 29.4 Å². The van der Waals surface area contributed by atoms with Gasteiger partial charge in [0.1, 0.15) is 23.9 Å². The molecule has 4 unspecified atom stereocenters. The fraction of sp³-hybridized carbons (Fsp3) is 0.615. The van der Waals surface area contributed by atoms with Crippen LogP contribution in [0.2, 0.25) is 0 Å². The number of unbranched alkanes of at least 4 members (excludes halogenated alkanes) is 1. The minimum Gasteiger partial charge on any atom is -0.508 e. The summed E-state index contributed by atoms with van der Waals surface area (Å²) in [6, 6.07) is 2.16. The molecule has 1 rings (SSSR count). The first-order valence-corrected chi connectivity index (χ1v) is 14.2. The van der Waals surface area contributed by atoms with Gasteiger partial charge in [0, 0.05) is 6.42 Å². The van der Waals surface area contributed by atoms with Crippen LogP contribution in [0.25, 0.3) is 0 Å². The van der Waals surface area contributed by atoms with Crippen molar-refractivity contribution in [3.63, 3.8) is 0 Å². The topological polar surface area (TPSA) is 197 Å². The molecule has 0 aliphatic heterocycles. The Hall–Kier alpha value is -2.83. The van der Waals surface area contributed by atoms with E-state index in [0.717, 1.165) is 6.42 Å². The number of carboxylic acid groups (broad SMARTS) is 1. The maximum absolute atomic E-state index is 13.3. The first kappa shape index (κ1) is 33.2. The number of carboxylic acids is 1. The van der Waals surface area contributed by atoms with E-state index >= 15 is 0 Å². The zero-order chi connectivity index (χ0) is 28.7. The number of hydrogen-bond acceptors (Lipinski definition) is 8. The van der Waals surface area contributed by atoms with Crippen LogP contribution < -0.4 is 27.4 Å². The van der Waals surface area contributed by atoms with Gasteiger partial charge < -0.3 is 37.6 Å². The molecule has 0 saturated carbocycles. The third-order valence-electron chi connectivity index (χ3n) is 5.88. The van der Waals surface area contributed by atoms with Crippen molar-refractivity contribution in [3.8, 4) is 5.75 Å². The normalized spacial score (nSPS) is 14.3. The number of amides is 3. The third kappa shape index (κ3) is 12.6. The van der Waals surface area contributed by atoms with Gasteiger partial charge in [-0.2, -0.15) is 11.8 Å². The van der Waals surface area contributed by atoms with Crippen LogP contribution in [0, 0.1) is 5.92 Å². The zero-order valence-corrected chi connectivity index (χ0v) is 23.3. The Kier molecular flexibility index (Phi) is 15.4. The fourth-order valence-electron chi connectivity index (χ4n) is 3.74. The molecule has 38 heavy (non-hydrogen) atoms. The van der Waals surface area contributed by atoms with Gasteiger partial charge in [0.15, 0.2) is 0 Å². The second-order valence-electron chi connectivity index (χ2n) is 9.69. The maximum atomic E-state index is 13.3. The summed E-state index contributed by atoms with van der Waals surface area (Å²) in [5.41, 5.74) is 12.1. The van der Waals surface area contributed by atoms with Gasteiger partial charge in [-0.05, 0) is 67.9 Å². The average Bonchev–Trinajstić information content (AvgIpc) is 2.86. The molecule has 0 radical (unpaired) electrons. The van der Waals surface area contributed by atoms with Crippen LogP contribution in [0.3, 0.4) is 0 Å². The van der Waals surface area contributed by atoms with Gasteiger partial charge in [-0.15, -0.1) is 0 Å². The minimum atomic E-state index is -1.17. The summed E-state index contributed by atoms with van der Waals surface area (Å²) in [4.78, 5) is 50.9. The molecule has 0 aliphatic rings. The lowest BCUT2D eigenvalue weighted by molar-refractivity contribution is -0.142. The number of carbonyl (C=O) groups is 4. The van der Waals surface area contributed by atoms with Crippen molar-refractivity contribution in [2.24, 2.45) is 17.4 Å². The number of hydrogen-bond donors (Lipinski definition) is 7. The summed E-state index contributed by atoms with van der Waals surface area (Å²) in [5.74, 6) is -2.23. The highest BCUT2D eigenvalue weighted by molar-refractivity contribution is 7.98. The zero-order valence-electron chi connectivity index (χ0n) is 22.4. The number of aliphatic carboxylic acids is 1. The van der Waals surface area contributed by atoms with Gasteiger partial charge in [0.25, 0.3) is 0 Å². The monoisotopic (exact) mass is 553 g/mol. The number of rotatable bonds is 18. The smallest absolute Gasteiger partial charge is 0.326 e. The van der Waals surface area contributed by atoms with Gasteiger partial charge in [-0.3, -0.25) is 14.4 Å². The van der Waals surface area contributed by atoms with E-state index in [0.29, 0.717) is 37.1 Å². The quantitative estimate of drug-likeness (QED) is 0.128. The summed E-state index contributed by atoms with van der Waals surface area (Å²) in [6.45, 7) is 4.19. The average molecular weight is 554 g/mol. The molecule has 1 aromatic rings. The van der Waals surface area contributed by atoms with Crippen molar-refractivity contribution in [2.45, 2.75) is 76.5 Å². The Morgan fingerprint density at radius 1 is 0.895 bits per heavy atom. The predicted octanol–water partition coefficient (Wildman–Crippen LogP) is 0.729. The van der Waals surface area contributed by atoms with E-state index in [1.54, 1.807) is 12.1 Å². The lowest BCUT2D eigenvalue weighted by Crippen LogP contribution is -2.57. The molecule has 3 amide bonds. The highest BCUT2D eigenvalue weighted by Crippen LogP contribution is 2.13. The molecule has 0 bridgehead atoms. The number of nitrogens with one attached hydrogen (secondary N) is 3. The number of aromatic hydroxyl groups is 1. The Balaban J connectivity index is 3.09. The Morgan fingerprint density at radius 3 is 2.03 bits per heavy atom. The molecular weight excluding hydrogens is 510 g/mol. The molecule has 0 aromatic heterocycles. The molecule has 11 nitrogen and oxygen atoms in total. The van der Waals surface area contributed by atoms with Crippen molar-refractivity contribution in [3.05, 3.63) is 29.8 Å². The summed E-state index contributed by atoms with van der Waals surface area (Å²) < 4.78 is 0. The van der Waals surface area contributed by atoms with Crippen LogP contribution in [-0.2, 0) is 25.6 Å². The Morgan fingerprint density at radius 2 is 1.47 bits per heavy atom. The van der Waals surface area contributed by atoms with Crippen molar-refractivity contribution in [1.82, 2.24) is 16.0 Å². The molecule has 0 saturated heterocycles. The van der Waals surface area contributed by atoms with Crippen LogP contribution in [0.15, 0.2) is 24.3 Å². The molecule has 0 spiro atoms. The third-order valence-corrected chi connectivity index (χ3v) is 6.52. The number of phenolic OH excluding ortho intramolecular Hbond substituents is 1. The van der Waals surface area contributed by atoms with Crippen LogP contribution in [0.5, 0.6) is 5.75 Å². The molecule has 214 valence electrons. The molecule has 0 heterocycles. The van der Waals surface area contributed by atoms with Crippen molar-refractivity contribution >= 4 is 35.5 Å². The van der Waals surface area contributed by atoms with E-state index in [1.165, 1.54) is 23.9 Å². The van der Waals surface area contributed by atoms with Crippen LogP contribution in [0.4, 0.5) is 0 Å². The second kappa shape index (κ2) is 17.6. The van der Waals surface area contributed by atoms with E-state index in [2.05, 4.69) is 16.0 Å². The largest absolute Gasteiger partial charge is 0.508 e. The maximum Gasteiger partial charge on any atom is 0.326 e. The van der Waals surface area contributed by atoms with E-state index in [1.807, 2.05) is 20.1 Å². The first-order chi connectivity index (χ1) is 18.0. The minimum absolute atomic E-state index is 0.0155. The standard InChI is InChI=1S/C26H43N5O6S/c1-16(2)14-22(26(36)37)31-25(35)21(15-17-7-9-18(32)10-8-17)30-24(34)20(11-13-38-3)29-23(33)19(28)6-4-5-12-27/h7-10,16,19-22,32H,4-6,11-15,27-28H2,1-3H3,(H,29,33)(H,30,34)(H,31,35)(H,36,37). The van der Waals surface area contributed by atoms with Crippen LogP contribution in [-0.4, -0.2) is 76.6 Å². The van der Waals surface area contributed by atoms with E-state index in [9.17, 15) is 29.4 Å². The van der Waals surface area contributed by atoms with Gasteiger partial charge in [0.05, 0.1) is 6.04 Å². The molecule has 9 N–H and O–H groups in total. The summed E-state index contributed by atoms with van der Waals surface area (Å²) in [7, 11) is 0. The molecule has 0 aliphatic carbocycles.